The van der Waals surface area contributed by atoms with Gasteiger partial charge < -0.3 is 14.6 Å². The van der Waals surface area contributed by atoms with Crippen molar-refractivity contribution in [2.45, 2.75) is 13.0 Å². The number of nitrogens with one attached hydrogen (secondary N) is 1. The second kappa shape index (κ2) is 7.59. The van der Waals surface area contributed by atoms with E-state index < -0.39 is 0 Å². The number of aryl methyl sites for hydroxylation is 1. The highest BCUT2D eigenvalue weighted by molar-refractivity contribution is 7.14. The molecule has 0 aliphatic carbocycles. The Balaban J connectivity index is 1.40. The number of ether oxygens (including phenoxy) is 1. The summed E-state index contributed by atoms with van der Waals surface area (Å²) < 4.78 is 7.43. The number of methoxy groups -OCH3 is 1. The topological polar surface area (TPSA) is 69.0 Å². The van der Waals surface area contributed by atoms with E-state index in [1.165, 1.54) is 11.3 Å². The highest BCUT2D eigenvalue weighted by atomic mass is 32.1. The second-order valence-corrected chi connectivity index (χ2v) is 6.81. The minimum absolute atomic E-state index is 0.0679. The van der Waals surface area contributed by atoms with Crippen molar-refractivity contribution in [1.82, 2.24) is 14.5 Å². The first-order chi connectivity index (χ1) is 13.2. The lowest BCUT2D eigenvalue weighted by molar-refractivity contribution is -0.116. The van der Waals surface area contributed by atoms with Gasteiger partial charge in [0, 0.05) is 36.1 Å². The summed E-state index contributed by atoms with van der Waals surface area (Å²) in [6, 6.07) is 13.6. The Bertz CT molecular complexity index is 1070. The summed E-state index contributed by atoms with van der Waals surface area (Å²) >= 11 is 1.40. The number of aromatic nitrogens is 3. The van der Waals surface area contributed by atoms with Gasteiger partial charge in [0.1, 0.15) is 11.4 Å². The van der Waals surface area contributed by atoms with E-state index in [0.29, 0.717) is 18.1 Å². The third-order valence-electron chi connectivity index (χ3n) is 4.25. The number of pyridine rings is 1. The molecule has 0 saturated heterocycles. The molecule has 0 bridgehead atoms. The van der Waals surface area contributed by atoms with E-state index in [4.69, 9.17) is 4.74 Å². The van der Waals surface area contributed by atoms with Crippen LogP contribution >= 0.6 is 11.3 Å². The van der Waals surface area contributed by atoms with E-state index in [2.05, 4.69) is 19.9 Å². The summed E-state index contributed by atoms with van der Waals surface area (Å²) in [6.45, 7) is 0.584. The number of thiazole rings is 1. The van der Waals surface area contributed by atoms with E-state index in [1.807, 2.05) is 54.0 Å². The average Bonchev–Trinajstić information content (AvgIpc) is 3.34. The number of anilines is 1. The zero-order chi connectivity index (χ0) is 18.6. The van der Waals surface area contributed by atoms with E-state index in [9.17, 15) is 4.79 Å². The first kappa shape index (κ1) is 17.2. The number of nitrogens with zero attached hydrogens (tertiary/aromatic N) is 3. The number of hydrogen-bond acceptors (Lipinski definition) is 5. The lowest BCUT2D eigenvalue weighted by Crippen LogP contribution is -2.14. The minimum Gasteiger partial charge on any atom is -0.496 e. The highest BCUT2D eigenvalue weighted by Gasteiger charge is 2.10. The molecule has 3 heterocycles. The van der Waals surface area contributed by atoms with Crippen molar-refractivity contribution < 1.29 is 9.53 Å². The molecule has 1 aromatic carbocycles. The van der Waals surface area contributed by atoms with E-state index in [0.717, 1.165) is 28.0 Å². The Labute approximate surface area is 160 Å². The molecule has 136 valence electrons. The van der Waals surface area contributed by atoms with Crippen LogP contribution in [-0.2, 0) is 11.3 Å². The molecular formula is C20H18N4O2S. The van der Waals surface area contributed by atoms with Gasteiger partial charge in [-0.05, 0) is 30.3 Å². The fourth-order valence-electron chi connectivity index (χ4n) is 2.94. The number of amides is 1. The Morgan fingerprint density at radius 2 is 2.11 bits per heavy atom. The summed E-state index contributed by atoms with van der Waals surface area (Å²) in [5, 5.41) is 6.39. The van der Waals surface area contributed by atoms with Gasteiger partial charge in [-0.1, -0.05) is 12.1 Å². The highest BCUT2D eigenvalue weighted by Crippen LogP contribution is 2.26. The molecule has 0 saturated carbocycles. The molecule has 7 heteroatoms. The van der Waals surface area contributed by atoms with Crippen molar-refractivity contribution in [3.8, 4) is 17.1 Å². The van der Waals surface area contributed by atoms with Gasteiger partial charge in [-0.3, -0.25) is 9.78 Å². The molecule has 0 atom stereocenters. The van der Waals surface area contributed by atoms with Crippen LogP contribution in [0.3, 0.4) is 0 Å². The standard InChI is InChI=1S/C20H18N4O2S/c1-26-18-7-4-6-17-14(18)8-11-24(17)12-9-19(25)23-20-22-16(13-27-20)15-5-2-3-10-21-15/h2-8,10-11,13H,9,12H2,1H3,(H,22,23,25). The normalized spacial score (nSPS) is 10.9. The largest absolute Gasteiger partial charge is 0.496 e. The quantitative estimate of drug-likeness (QED) is 0.546. The van der Waals surface area contributed by atoms with Crippen LogP contribution in [0.25, 0.3) is 22.3 Å². The Morgan fingerprint density at radius 3 is 2.93 bits per heavy atom. The van der Waals surface area contributed by atoms with Gasteiger partial charge >= 0.3 is 0 Å². The maximum atomic E-state index is 12.3. The number of carbonyl (C=O) groups excluding carboxylic acids is 1. The van der Waals surface area contributed by atoms with Gasteiger partial charge in [0.25, 0.3) is 0 Å². The maximum absolute atomic E-state index is 12.3. The van der Waals surface area contributed by atoms with Gasteiger partial charge in [0.05, 0.1) is 18.3 Å². The Kier molecular flexibility index (Phi) is 4.84. The zero-order valence-corrected chi connectivity index (χ0v) is 15.6. The molecule has 27 heavy (non-hydrogen) atoms. The lowest BCUT2D eigenvalue weighted by Gasteiger charge is -2.07. The molecular weight excluding hydrogens is 360 g/mol. The third kappa shape index (κ3) is 3.68. The van der Waals surface area contributed by atoms with E-state index >= 15 is 0 Å². The number of carbonyl (C=O) groups is 1. The summed E-state index contributed by atoms with van der Waals surface area (Å²) in [7, 11) is 1.66. The van der Waals surface area contributed by atoms with Gasteiger partial charge in [-0.15, -0.1) is 11.3 Å². The number of rotatable bonds is 6. The van der Waals surface area contributed by atoms with Crippen LogP contribution < -0.4 is 10.1 Å². The van der Waals surface area contributed by atoms with Gasteiger partial charge in [0.2, 0.25) is 5.91 Å². The predicted molar refractivity (Wildman–Crippen MR) is 107 cm³/mol. The van der Waals surface area contributed by atoms with Crippen LogP contribution in [0.4, 0.5) is 5.13 Å². The number of benzene rings is 1. The van der Waals surface area contributed by atoms with Gasteiger partial charge in [-0.25, -0.2) is 4.98 Å². The summed E-state index contributed by atoms with van der Waals surface area (Å²) in [5.41, 5.74) is 2.61. The Hall–Kier alpha value is -3.19. The lowest BCUT2D eigenvalue weighted by atomic mass is 10.2. The van der Waals surface area contributed by atoms with Crippen molar-refractivity contribution in [3.05, 3.63) is 60.2 Å². The molecule has 3 aromatic heterocycles. The van der Waals surface area contributed by atoms with Crippen LogP contribution in [0.15, 0.2) is 60.2 Å². The monoisotopic (exact) mass is 378 g/mol. The van der Waals surface area contributed by atoms with Crippen molar-refractivity contribution >= 4 is 33.3 Å². The van der Waals surface area contributed by atoms with Gasteiger partial charge in [0.15, 0.2) is 5.13 Å². The number of hydrogen-bond donors (Lipinski definition) is 1. The van der Waals surface area contributed by atoms with Crippen LogP contribution in [0, 0.1) is 0 Å². The number of fused-ring (bicyclic) bond motifs is 1. The molecule has 1 N–H and O–H groups in total. The summed E-state index contributed by atoms with van der Waals surface area (Å²) in [6.07, 6.45) is 4.06. The van der Waals surface area contributed by atoms with Crippen molar-refractivity contribution in [3.63, 3.8) is 0 Å². The van der Waals surface area contributed by atoms with Crippen molar-refractivity contribution in [2.75, 3.05) is 12.4 Å². The fraction of sp³-hybridized carbons (Fsp3) is 0.150. The molecule has 0 fully saturated rings. The summed E-state index contributed by atoms with van der Waals surface area (Å²) in [4.78, 5) is 21.0. The molecule has 0 aliphatic rings. The smallest absolute Gasteiger partial charge is 0.227 e. The van der Waals surface area contributed by atoms with Crippen LogP contribution in [-0.4, -0.2) is 27.6 Å². The fourth-order valence-corrected chi connectivity index (χ4v) is 3.66. The van der Waals surface area contributed by atoms with Crippen LogP contribution in [0.2, 0.25) is 0 Å². The summed E-state index contributed by atoms with van der Waals surface area (Å²) in [5.74, 6) is 0.766. The average molecular weight is 378 g/mol. The zero-order valence-electron chi connectivity index (χ0n) is 14.8. The first-order valence-electron chi connectivity index (χ1n) is 8.53. The van der Waals surface area contributed by atoms with Crippen LogP contribution in [0.5, 0.6) is 5.75 Å². The molecule has 4 aromatic rings. The molecule has 0 unspecified atom stereocenters. The molecule has 0 radical (unpaired) electrons. The van der Waals surface area contributed by atoms with E-state index in [1.54, 1.807) is 13.3 Å². The van der Waals surface area contributed by atoms with Crippen molar-refractivity contribution in [1.29, 1.82) is 0 Å². The van der Waals surface area contributed by atoms with Crippen LogP contribution in [0.1, 0.15) is 6.42 Å². The Morgan fingerprint density at radius 1 is 1.19 bits per heavy atom. The van der Waals surface area contributed by atoms with Crippen molar-refractivity contribution in [2.24, 2.45) is 0 Å². The maximum Gasteiger partial charge on any atom is 0.227 e. The first-order valence-corrected chi connectivity index (χ1v) is 9.41. The molecule has 1 amide bonds. The molecule has 0 aliphatic heterocycles. The molecule has 4 rings (SSSR count). The third-order valence-corrected chi connectivity index (χ3v) is 5.01. The molecule has 6 nitrogen and oxygen atoms in total. The van der Waals surface area contributed by atoms with Gasteiger partial charge in [-0.2, -0.15) is 0 Å². The van der Waals surface area contributed by atoms with E-state index in [-0.39, 0.29) is 5.91 Å². The SMILES string of the molecule is COc1cccc2c1ccn2CCC(=O)Nc1nc(-c2ccccn2)cs1. The minimum atomic E-state index is -0.0679. The second-order valence-electron chi connectivity index (χ2n) is 5.95. The predicted octanol–water partition coefficient (Wildman–Crippen LogP) is 4.20. The molecule has 0 spiro atoms.